The molecule has 4 nitrogen and oxygen atoms in total. The van der Waals surface area contributed by atoms with E-state index >= 15 is 0 Å². The van der Waals surface area contributed by atoms with Crippen LogP contribution in [0.4, 0.5) is 0 Å². The van der Waals surface area contributed by atoms with Crippen LogP contribution in [0.15, 0.2) is 0 Å². The normalized spacial score (nSPS) is 5.17. The van der Waals surface area contributed by atoms with Gasteiger partial charge in [0.1, 0.15) is 5.78 Å². The summed E-state index contributed by atoms with van der Waals surface area (Å²) in [4.78, 5) is 17.8. The molecule has 0 aliphatic carbocycles. The van der Waals surface area contributed by atoms with Crippen LogP contribution in [0.1, 0.15) is 13.8 Å². The van der Waals surface area contributed by atoms with E-state index in [-0.39, 0.29) is 17.6 Å². The molecule has 0 aromatic carbocycles. The third kappa shape index (κ3) is 7120. The Morgan fingerprint density at radius 1 is 1.33 bits per heavy atom. The number of carbonyl (C=O) groups excluding carboxylic acids is 1. The first-order valence-electron chi connectivity index (χ1n) is 2.68. The molecule has 0 unspecified atom stereocenters. The number of ketones is 1. The summed E-state index contributed by atoms with van der Waals surface area (Å²) in [7, 11) is 1.00. The van der Waals surface area contributed by atoms with Crippen LogP contribution in [0, 0.1) is 0 Å². The highest BCUT2D eigenvalue weighted by atomic mass is 35.5. The van der Waals surface area contributed by atoms with Gasteiger partial charge in [0.05, 0.1) is 5.34 Å². The van der Waals surface area contributed by atoms with E-state index in [4.69, 9.17) is 38.2 Å². The van der Waals surface area contributed by atoms with Crippen LogP contribution in [0.3, 0.4) is 0 Å². The number of aliphatic hydroxyl groups excluding tert-OH is 1. The summed E-state index contributed by atoms with van der Waals surface area (Å²) in [5.74, 6) is 0.167. The van der Waals surface area contributed by atoms with Gasteiger partial charge < -0.3 is 15.0 Å². The minimum Gasteiger partial charge on any atom is -0.483 e. The summed E-state index contributed by atoms with van der Waals surface area (Å²) in [6.07, 6.45) is 0. The first-order valence-corrected chi connectivity index (χ1v) is 3.75. The Hall–Kier alpha value is -0.320. The Balaban J connectivity index is -0.0000000368. The number of Topliss-reactive ketones (excluding diaryl/α,β-unsaturated/α-hetero) is 1. The second-order valence-corrected chi connectivity index (χ2v) is 1.92. The van der Waals surface area contributed by atoms with Crippen LogP contribution in [0.2, 0.25) is 0 Å². The van der Waals surface area contributed by atoms with E-state index in [1.54, 1.807) is 0 Å². The Kier molecular flexibility index (Phi) is 86.0. The van der Waals surface area contributed by atoms with Gasteiger partial charge in [-0.25, -0.2) is 0 Å². The van der Waals surface area contributed by atoms with Gasteiger partial charge in [0.25, 0.3) is 6.47 Å². The summed E-state index contributed by atoms with van der Waals surface area (Å²) in [6.45, 7) is 2.81. The first-order chi connectivity index (χ1) is 5.56. The molecule has 0 bridgehead atoms. The number of aliphatic hydroxyl groups is 1. The molecule has 0 spiro atoms. The van der Waals surface area contributed by atoms with E-state index < -0.39 is 0 Å². The fourth-order valence-electron chi connectivity index (χ4n) is 0. The molecule has 0 aliphatic heterocycles. The lowest BCUT2D eigenvalue weighted by atomic mass is 10.6. The molecule has 0 saturated heterocycles. The van der Waals surface area contributed by atoms with Gasteiger partial charge in [-0.05, 0) is 13.8 Å². The number of hydrogen-bond donors (Lipinski definition) is 2. The van der Waals surface area contributed by atoms with Crippen LogP contribution in [-0.2, 0) is 9.59 Å². The van der Waals surface area contributed by atoms with Crippen LogP contribution < -0.4 is 0 Å². The molecular weight excluding hydrogens is 207 g/mol. The molecule has 0 saturated carbocycles. The van der Waals surface area contributed by atoms with Crippen molar-refractivity contribution in [3.63, 3.8) is 0 Å². The van der Waals surface area contributed by atoms with Crippen LogP contribution in [0.25, 0.3) is 0 Å². The van der Waals surface area contributed by atoms with Crippen LogP contribution in [-0.4, -0.2) is 34.9 Å². The highest BCUT2D eigenvalue weighted by molar-refractivity contribution is 6.40. The Bertz CT molecular complexity index is 73.9. The van der Waals surface area contributed by atoms with Crippen LogP contribution >= 0.6 is 23.2 Å². The SMILES string of the molecule is CC(C)=O.CO.ClCCl.O=CO. The van der Waals surface area contributed by atoms with E-state index in [0.717, 1.165) is 7.11 Å². The van der Waals surface area contributed by atoms with Crippen molar-refractivity contribution in [2.45, 2.75) is 13.8 Å². The number of carbonyl (C=O) groups is 2. The van der Waals surface area contributed by atoms with Gasteiger partial charge in [-0.3, -0.25) is 4.79 Å². The van der Waals surface area contributed by atoms with Crippen molar-refractivity contribution in [1.82, 2.24) is 0 Å². The van der Waals surface area contributed by atoms with E-state index in [9.17, 15) is 4.79 Å². The van der Waals surface area contributed by atoms with Crippen molar-refractivity contribution in [3.05, 3.63) is 0 Å². The Morgan fingerprint density at radius 2 is 1.33 bits per heavy atom. The smallest absolute Gasteiger partial charge is 0.290 e. The minimum absolute atomic E-state index is 0.167. The second kappa shape index (κ2) is 45.7. The molecule has 2 N–H and O–H groups in total. The fourth-order valence-corrected chi connectivity index (χ4v) is 0. The van der Waals surface area contributed by atoms with E-state index in [1.807, 2.05) is 0 Å². The van der Waals surface area contributed by atoms with Gasteiger partial charge in [0.15, 0.2) is 0 Å². The number of hydrogen-bond acceptors (Lipinski definition) is 3. The average Bonchev–Trinajstić information content (AvgIpc) is 1.92. The summed E-state index contributed by atoms with van der Waals surface area (Å²) >= 11 is 9.53. The lowest BCUT2D eigenvalue weighted by Crippen LogP contribution is -1.69. The third-order valence-electron chi connectivity index (χ3n) is 0. The summed E-state index contributed by atoms with van der Waals surface area (Å²) < 4.78 is 0. The summed E-state index contributed by atoms with van der Waals surface area (Å²) in [5, 5.41) is 14.1. The van der Waals surface area contributed by atoms with Crippen molar-refractivity contribution >= 4 is 35.5 Å². The van der Waals surface area contributed by atoms with Gasteiger partial charge >= 0.3 is 0 Å². The molecule has 0 amide bonds. The lowest BCUT2D eigenvalue weighted by Gasteiger charge is -1.56. The second-order valence-electron chi connectivity index (χ2n) is 1.11. The molecule has 0 fully saturated rings. The number of carboxylic acid groups (broad SMARTS) is 1. The number of alkyl halides is 2. The fraction of sp³-hybridized carbons (Fsp3) is 0.667. The number of rotatable bonds is 0. The Morgan fingerprint density at radius 3 is 1.33 bits per heavy atom. The molecule has 0 rings (SSSR count). The van der Waals surface area contributed by atoms with Crippen molar-refractivity contribution < 1.29 is 19.8 Å². The predicted molar refractivity (Wildman–Crippen MR) is 49.8 cm³/mol. The minimum atomic E-state index is -0.250. The number of halogens is 2. The van der Waals surface area contributed by atoms with Crippen molar-refractivity contribution in [2.24, 2.45) is 0 Å². The predicted octanol–water partition coefficient (Wildman–Crippen LogP) is 1.33. The van der Waals surface area contributed by atoms with Crippen molar-refractivity contribution in [3.8, 4) is 0 Å². The summed E-state index contributed by atoms with van der Waals surface area (Å²) in [6, 6.07) is 0. The first kappa shape index (κ1) is 22.6. The Labute approximate surface area is 82.1 Å². The maximum atomic E-state index is 9.44. The molecule has 0 heterocycles. The quantitative estimate of drug-likeness (QED) is 0.478. The topological polar surface area (TPSA) is 74.6 Å². The van der Waals surface area contributed by atoms with E-state index in [0.29, 0.717) is 0 Å². The van der Waals surface area contributed by atoms with Crippen LogP contribution in [0.5, 0.6) is 0 Å². The largest absolute Gasteiger partial charge is 0.483 e. The van der Waals surface area contributed by atoms with Gasteiger partial charge in [0, 0.05) is 7.11 Å². The average molecular weight is 221 g/mol. The summed E-state index contributed by atoms with van der Waals surface area (Å²) in [5.41, 5.74) is 0. The molecular formula is C6H14Cl2O4. The van der Waals surface area contributed by atoms with Gasteiger partial charge in [-0.15, -0.1) is 23.2 Å². The van der Waals surface area contributed by atoms with Gasteiger partial charge in [0.2, 0.25) is 0 Å². The van der Waals surface area contributed by atoms with Crippen molar-refractivity contribution in [1.29, 1.82) is 0 Å². The zero-order valence-corrected chi connectivity index (χ0v) is 8.76. The molecule has 12 heavy (non-hydrogen) atoms. The van der Waals surface area contributed by atoms with Crippen molar-refractivity contribution in [2.75, 3.05) is 12.4 Å². The maximum Gasteiger partial charge on any atom is 0.290 e. The zero-order chi connectivity index (χ0) is 11.0. The molecule has 0 aliphatic rings. The standard InChI is InChI=1S/C3H6O.CH2Cl2.CH2O2.CH4O/c1-3(2)4;2*2-1-3;1-2/h1-2H3;1H2;1H,(H,2,3);2H,1H3. The maximum absolute atomic E-state index is 9.44. The van der Waals surface area contributed by atoms with Gasteiger partial charge in [-0.1, -0.05) is 0 Å². The molecule has 0 aromatic heterocycles. The monoisotopic (exact) mass is 220 g/mol. The van der Waals surface area contributed by atoms with E-state index in [1.165, 1.54) is 13.8 Å². The van der Waals surface area contributed by atoms with E-state index in [2.05, 4.69) is 0 Å². The molecule has 0 aromatic rings. The molecule has 6 heteroatoms. The third-order valence-corrected chi connectivity index (χ3v) is 0. The zero-order valence-electron chi connectivity index (χ0n) is 7.25. The van der Waals surface area contributed by atoms with Gasteiger partial charge in [-0.2, -0.15) is 0 Å². The molecule has 76 valence electrons. The molecule has 0 radical (unpaired) electrons. The highest BCUT2D eigenvalue weighted by Crippen LogP contribution is 1.73. The molecule has 0 atom stereocenters. The highest BCUT2D eigenvalue weighted by Gasteiger charge is 1.62. The lowest BCUT2D eigenvalue weighted by molar-refractivity contribution is -0.123.